The van der Waals surface area contributed by atoms with Gasteiger partial charge < -0.3 is 9.47 Å². The summed E-state index contributed by atoms with van der Waals surface area (Å²) in [7, 11) is 4.09. The summed E-state index contributed by atoms with van der Waals surface area (Å²) < 4.78 is 15.4. The number of imidazole rings is 1. The monoisotopic (exact) mass is 297 g/mol. The van der Waals surface area contributed by atoms with E-state index in [0.717, 1.165) is 17.9 Å². The van der Waals surface area contributed by atoms with Crippen molar-refractivity contribution in [2.45, 2.75) is 38.2 Å². The second-order valence-electron chi connectivity index (χ2n) is 6.01. The number of benzene rings is 1. The van der Waals surface area contributed by atoms with Crippen LogP contribution in [0.4, 0.5) is 4.39 Å². The molecule has 1 heterocycles. The number of aromatic nitrogens is 2. The molecule has 0 saturated heterocycles. The topological polar surface area (TPSA) is 21.1 Å². The Kier molecular flexibility index (Phi) is 4.07. The van der Waals surface area contributed by atoms with Gasteiger partial charge in [-0.25, -0.2) is 9.37 Å². The zero-order valence-corrected chi connectivity index (χ0v) is 13.4. The highest BCUT2D eigenvalue weighted by Gasteiger charge is 2.25. The van der Waals surface area contributed by atoms with Crippen LogP contribution in [-0.2, 0) is 6.54 Å². The molecule has 1 unspecified atom stereocenters. The van der Waals surface area contributed by atoms with Crippen LogP contribution in [0.2, 0.25) is 0 Å². The Hall–Kier alpha value is -1.13. The van der Waals surface area contributed by atoms with Crippen LogP contribution in [0.1, 0.15) is 32.0 Å². The molecule has 1 atom stereocenters. The fourth-order valence-corrected chi connectivity index (χ4v) is 2.29. The molecule has 0 N–H and O–H groups in total. The third-order valence-electron chi connectivity index (χ3n) is 3.85. The lowest BCUT2D eigenvalue weighted by molar-refractivity contribution is 0.170. The van der Waals surface area contributed by atoms with E-state index in [0.29, 0.717) is 5.52 Å². The summed E-state index contributed by atoms with van der Waals surface area (Å²) in [6.45, 7) is 6.95. The fourth-order valence-electron chi connectivity index (χ4n) is 2.12. The lowest BCUT2D eigenvalue weighted by Gasteiger charge is -2.33. The SMILES string of the molecule is CC(Cl)c1nc2cc(F)ccc2n1CC(C)(C)N(C)C. The van der Waals surface area contributed by atoms with Crippen molar-refractivity contribution in [1.82, 2.24) is 14.5 Å². The molecule has 2 rings (SSSR count). The molecule has 0 radical (unpaired) electrons. The van der Waals surface area contributed by atoms with Crippen LogP contribution in [0, 0.1) is 5.82 Å². The number of halogens is 2. The molecule has 0 aliphatic rings. The van der Waals surface area contributed by atoms with E-state index in [1.807, 2.05) is 21.0 Å². The standard InChI is InChI=1S/C15H21ClFN3/c1-10(16)14-18-12-8-11(17)6-7-13(12)20(14)9-15(2,3)19(4)5/h6-8,10H,9H2,1-5H3. The lowest BCUT2D eigenvalue weighted by atomic mass is 10.0. The summed E-state index contributed by atoms with van der Waals surface area (Å²) in [5, 5.41) is -0.219. The third-order valence-corrected chi connectivity index (χ3v) is 4.05. The molecule has 0 aliphatic heterocycles. The van der Waals surface area contributed by atoms with Crippen molar-refractivity contribution in [1.29, 1.82) is 0 Å². The summed E-state index contributed by atoms with van der Waals surface area (Å²) in [4.78, 5) is 6.65. The van der Waals surface area contributed by atoms with Gasteiger partial charge in [-0.15, -0.1) is 11.6 Å². The Bertz CT molecular complexity index is 617. The van der Waals surface area contributed by atoms with Gasteiger partial charge in [0.2, 0.25) is 0 Å². The number of rotatable bonds is 4. The number of hydrogen-bond donors (Lipinski definition) is 0. The Labute approximate surface area is 124 Å². The van der Waals surface area contributed by atoms with Gasteiger partial charge in [-0.1, -0.05) is 0 Å². The highest BCUT2D eigenvalue weighted by atomic mass is 35.5. The first kappa shape index (κ1) is 15.3. The Morgan fingerprint density at radius 3 is 2.60 bits per heavy atom. The van der Waals surface area contributed by atoms with E-state index in [1.54, 1.807) is 6.07 Å². The van der Waals surface area contributed by atoms with E-state index >= 15 is 0 Å². The van der Waals surface area contributed by atoms with Crippen LogP contribution in [0.15, 0.2) is 18.2 Å². The number of likely N-dealkylation sites (N-methyl/N-ethyl adjacent to an activating group) is 1. The molecule has 1 aromatic carbocycles. The summed E-state index contributed by atoms with van der Waals surface area (Å²) in [6, 6.07) is 4.69. The molecule has 0 fully saturated rings. The molecule has 0 spiro atoms. The van der Waals surface area contributed by atoms with E-state index in [9.17, 15) is 4.39 Å². The van der Waals surface area contributed by atoms with Crippen molar-refractivity contribution in [3.63, 3.8) is 0 Å². The van der Waals surface area contributed by atoms with Gasteiger partial charge >= 0.3 is 0 Å². The zero-order chi connectivity index (χ0) is 15.1. The number of alkyl halides is 1. The Balaban J connectivity index is 2.57. The summed E-state index contributed by atoms with van der Waals surface area (Å²) in [6.07, 6.45) is 0. The maximum Gasteiger partial charge on any atom is 0.127 e. The number of fused-ring (bicyclic) bond motifs is 1. The van der Waals surface area contributed by atoms with Crippen LogP contribution >= 0.6 is 11.6 Å². The predicted octanol–water partition coefficient (Wildman–Crippen LogP) is 3.82. The van der Waals surface area contributed by atoms with Gasteiger partial charge in [0, 0.05) is 18.2 Å². The largest absolute Gasteiger partial charge is 0.325 e. The lowest BCUT2D eigenvalue weighted by Crippen LogP contribution is -2.42. The first-order chi connectivity index (χ1) is 9.22. The van der Waals surface area contributed by atoms with Crippen molar-refractivity contribution >= 4 is 22.6 Å². The molecule has 5 heteroatoms. The molecule has 0 saturated carbocycles. The highest BCUT2D eigenvalue weighted by Crippen LogP contribution is 2.27. The van der Waals surface area contributed by atoms with Crippen molar-refractivity contribution in [2.24, 2.45) is 0 Å². The van der Waals surface area contributed by atoms with E-state index in [1.165, 1.54) is 12.1 Å². The average Bonchev–Trinajstić information content (AvgIpc) is 2.66. The second kappa shape index (κ2) is 5.34. The first-order valence-electron chi connectivity index (χ1n) is 6.69. The summed E-state index contributed by atoms with van der Waals surface area (Å²) >= 11 is 6.24. The van der Waals surface area contributed by atoms with E-state index in [2.05, 4.69) is 28.3 Å². The van der Waals surface area contributed by atoms with Gasteiger partial charge in [0.05, 0.1) is 16.4 Å². The van der Waals surface area contributed by atoms with E-state index < -0.39 is 0 Å². The van der Waals surface area contributed by atoms with Crippen molar-refractivity contribution < 1.29 is 4.39 Å². The molecule has 0 aliphatic carbocycles. The van der Waals surface area contributed by atoms with Crippen LogP contribution in [0.3, 0.4) is 0 Å². The minimum Gasteiger partial charge on any atom is -0.325 e. The minimum atomic E-state index is -0.275. The molecular formula is C15H21ClFN3. The molecular weight excluding hydrogens is 277 g/mol. The summed E-state index contributed by atoms with van der Waals surface area (Å²) in [5.74, 6) is 0.505. The van der Waals surface area contributed by atoms with E-state index in [-0.39, 0.29) is 16.7 Å². The molecule has 110 valence electrons. The molecule has 0 bridgehead atoms. The minimum absolute atomic E-state index is 0.0530. The van der Waals surface area contributed by atoms with Crippen LogP contribution < -0.4 is 0 Å². The zero-order valence-electron chi connectivity index (χ0n) is 12.6. The highest BCUT2D eigenvalue weighted by molar-refractivity contribution is 6.20. The average molecular weight is 298 g/mol. The maximum absolute atomic E-state index is 13.4. The molecule has 2 aromatic rings. The van der Waals surface area contributed by atoms with Crippen molar-refractivity contribution in [3.8, 4) is 0 Å². The third kappa shape index (κ3) is 2.81. The number of hydrogen-bond acceptors (Lipinski definition) is 2. The van der Waals surface area contributed by atoms with Gasteiger partial charge in [0.25, 0.3) is 0 Å². The normalized spacial score (nSPS) is 14.2. The van der Waals surface area contributed by atoms with Gasteiger partial charge in [0.1, 0.15) is 11.6 Å². The molecule has 0 amide bonds. The first-order valence-corrected chi connectivity index (χ1v) is 7.13. The van der Waals surface area contributed by atoms with Crippen LogP contribution in [0.25, 0.3) is 11.0 Å². The van der Waals surface area contributed by atoms with Crippen molar-refractivity contribution in [3.05, 3.63) is 29.8 Å². The van der Waals surface area contributed by atoms with Crippen molar-refractivity contribution in [2.75, 3.05) is 14.1 Å². The maximum atomic E-state index is 13.4. The quantitative estimate of drug-likeness (QED) is 0.800. The van der Waals surface area contributed by atoms with Gasteiger partial charge in [-0.3, -0.25) is 0 Å². The fraction of sp³-hybridized carbons (Fsp3) is 0.533. The van der Waals surface area contributed by atoms with Crippen LogP contribution in [0.5, 0.6) is 0 Å². The smallest absolute Gasteiger partial charge is 0.127 e. The predicted molar refractivity (Wildman–Crippen MR) is 81.7 cm³/mol. The van der Waals surface area contributed by atoms with Gasteiger partial charge in [-0.05, 0) is 47.0 Å². The Morgan fingerprint density at radius 2 is 2.05 bits per heavy atom. The van der Waals surface area contributed by atoms with E-state index in [4.69, 9.17) is 11.6 Å². The molecule has 3 nitrogen and oxygen atoms in total. The van der Waals surface area contributed by atoms with Gasteiger partial charge in [0.15, 0.2) is 0 Å². The molecule has 1 aromatic heterocycles. The van der Waals surface area contributed by atoms with Gasteiger partial charge in [-0.2, -0.15) is 0 Å². The Morgan fingerprint density at radius 1 is 1.40 bits per heavy atom. The second-order valence-corrected chi connectivity index (χ2v) is 6.67. The number of nitrogens with zero attached hydrogens (tertiary/aromatic N) is 3. The van der Waals surface area contributed by atoms with Crippen LogP contribution in [-0.4, -0.2) is 34.1 Å². The summed E-state index contributed by atoms with van der Waals surface area (Å²) in [5.41, 5.74) is 1.52. The molecule has 20 heavy (non-hydrogen) atoms.